The first kappa shape index (κ1) is 27.0. The molecule has 0 spiro atoms. The smallest absolute Gasteiger partial charge is 0.370 e. The molecule has 3 aliphatic carbocycles. The van der Waals surface area contributed by atoms with Crippen molar-refractivity contribution in [2.24, 2.45) is 10.9 Å². The van der Waals surface area contributed by atoms with E-state index in [4.69, 9.17) is 11.6 Å². The molecular formula is C24H30ClF3N4O3. The monoisotopic (exact) mass is 514 g/mol. The minimum Gasteiger partial charge on any atom is -0.370 e. The molecule has 0 aromatic rings. The van der Waals surface area contributed by atoms with Crippen LogP contribution in [0.25, 0.3) is 0 Å². The highest BCUT2D eigenvalue weighted by Gasteiger charge is 2.64. The molecule has 192 valence electrons. The average molecular weight is 515 g/mol. The van der Waals surface area contributed by atoms with E-state index < -0.39 is 30.4 Å². The van der Waals surface area contributed by atoms with Gasteiger partial charge in [0.15, 0.2) is 0 Å². The van der Waals surface area contributed by atoms with Gasteiger partial charge in [0.2, 0.25) is 11.8 Å². The summed E-state index contributed by atoms with van der Waals surface area (Å²) in [5.41, 5.74) is -0.672. The lowest BCUT2D eigenvalue weighted by atomic mass is 10.0. The summed E-state index contributed by atoms with van der Waals surface area (Å²) in [6.45, 7) is 5.08. The lowest BCUT2D eigenvalue weighted by Crippen LogP contribution is -2.53. The van der Waals surface area contributed by atoms with Gasteiger partial charge in [-0.1, -0.05) is 31.5 Å². The normalized spacial score (nSPS) is 23.3. The maximum atomic E-state index is 13.1. The Labute approximate surface area is 207 Å². The zero-order chi connectivity index (χ0) is 26.0. The Morgan fingerprint density at radius 1 is 1.29 bits per heavy atom. The Morgan fingerprint density at radius 3 is 2.49 bits per heavy atom. The molecule has 1 atom stereocenters. The SMILES string of the molecule is CC.CC1=NC(C2=C(NC(=O)C3CC3)C=C(Cl)C=CC2)=CC(O)N1CC(=O)NC1(C(F)(F)F)CC1. The first-order chi connectivity index (χ1) is 16.5. The lowest BCUT2D eigenvalue weighted by molar-refractivity contribution is -0.170. The van der Waals surface area contributed by atoms with Crippen LogP contribution in [0, 0.1) is 5.92 Å². The van der Waals surface area contributed by atoms with Crippen LogP contribution in [-0.2, 0) is 9.59 Å². The van der Waals surface area contributed by atoms with E-state index in [9.17, 15) is 27.9 Å². The van der Waals surface area contributed by atoms with Crippen LogP contribution in [0.4, 0.5) is 13.2 Å². The number of hydrogen-bond donors (Lipinski definition) is 3. The summed E-state index contributed by atoms with van der Waals surface area (Å²) in [6.07, 6.45) is 2.43. The zero-order valence-electron chi connectivity index (χ0n) is 19.9. The van der Waals surface area contributed by atoms with Crippen LogP contribution in [0.1, 0.15) is 52.9 Å². The van der Waals surface area contributed by atoms with Gasteiger partial charge < -0.3 is 20.6 Å². The van der Waals surface area contributed by atoms with Gasteiger partial charge in [-0.3, -0.25) is 9.59 Å². The average Bonchev–Trinajstić information content (AvgIpc) is 3.67. The molecule has 0 bridgehead atoms. The number of aliphatic imine (C=N–C) groups is 1. The summed E-state index contributed by atoms with van der Waals surface area (Å²) in [7, 11) is 0. The Bertz CT molecular complexity index is 1020. The third-order valence-corrected chi connectivity index (χ3v) is 6.27. The number of aliphatic hydroxyl groups excluding tert-OH is 1. The molecule has 0 aromatic heterocycles. The number of amides is 2. The fourth-order valence-electron chi connectivity index (χ4n) is 3.75. The van der Waals surface area contributed by atoms with E-state index in [0.717, 1.165) is 12.8 Å². The predicted molar refractivity (Wildman–Crippen MR) is 127 cm³/mol. The van der Waals surface area contributed by atoms with Crippen molar-refractivity contribution < 1.29 is 27.9 Å². The maximum absolute atomic E-state index is 13.1. The lowest BCUT2D eigenvalue weighted by Gasteiger charge is -2.32. The van der Waals surface area contributed by atoms with Crippen LogP contribution >= 0.6 is 11.6 Å². The summed E-state index contributed by atoms with van der Waals surface area (Å²) in [5, 5.41) is 16.0. The van der Waals surface area contributed by atoms with Gasteiger partial charge in [-0.15, -0.1) is 0 Å². The van der Waals surface area contributed by atoms with E-state index in [2.05, 4.69) is 10.3 Å². The molecule has 0 radical (unpaired) electrons. The van der Waals surface area contributed by atoms with Crippen LogP contribution in [0.3, 0.4) is 0 Å². The number of nitrogens with one attached hydrogen (secondary N) is 2. The van der Waals surface area contributed by atoms with E-state index in [1.807, 2.05) is 19.2 Å². The van der Waals surface area contributed by atoms with Crippen LogP contribution in [0.2, 0.25) is 0 Å². The quantitative estimate of drug-likeness (QED) is 0.499. The van der Waals surface area contributed by atoms with Crippen LogP contribution in [0.15, 0.2) is 51.3 Å². The Hall–Kier alpha value is -2.59. The van der Waals surface area contributed by atoms with E-state index in [1.54, 1.807) is 25.2 Å². The second-order valence-electron chi connectivity index (χ2n) is 8.67. The van der Waals surface area contributed by atoms with Crippen molar-refractivity contribution in [3.63, 3.8) is 0 Å². The molecule has 4 aliphatic rings. The van der Waals surface area contributed by atoms with Gasteiger partial charge in [-0.05, 0) is 57.3 Å². The summed E-state index contributed by atoms with van der Waals surface area (Å²) >= 11 is 6.18. The van der Waals surface area contributed by atoms with E-state index in [-0.39, 0.29) is 30.5 Å². The van der Waals surface area contributed by atoms with E-state index >= 15 is 0 Å². The highest BCUT2D eigenvalue weighted by molar-refractivity contribution is 6.31. The van der Waals surface area contributed by atoms with Crippen molar-refractivity contribution in [3.8, 4) is 0 Å². The number of allylic oxidation sites excluding steroid dienone is 5. The molecule has 1 unspecified atom stereocenters. The minimum absolute atomic E-state index is 0.0289. The molecule has 7 nitrogen and oxygen atoms in total. The molecule has 0 saturated heterocycles. The van der Waals surface area contributed by atoms with Crippen molar-refractivity contribution in [3.05, 3.63) is 46.3 Å². The van der Waals surface area contributed by atoms with Gasteiger partial charge in [-0.25, -0.2) is 4.99 Å². The third kappa shape index (κ3) is 6.35. The van der Waals surface area contributed by atoms with Gasteiger partial charge in [0.25, 0.3) is 0 Å². The standard InChI is InChI=1S/C22H24ClF3N4O3.C2H6/c1-12-27-17(15-4-2-3-14(23)9-16(15)28-20(33)13-5-6-13)10-19(32)30(12)11-18(31)29-21(7-8-21)22(24,25)26;1-2/h2-3,9-10,13,19,32H,4-8,11H2,1H3,(H,28,33)(H,29,31);1-2H3. The summed E-state index contributed by atoms with van der Waals surface area (Å²) in [4.78, 5) is 30.3. The Kier molecular flexibility index (Phi) is 8.16. The van der Waals surface area contributed by atoms with Gasteiger partial charge in [-0.2, -0.15) is 13.2 Å². The van der Waals surface area contributed by atoms with Gasteiger partial charge in [0, 0.05) is 22.2 Å². The topological polar surface area (TPSA) is 94.0 Å². The molecule has 3 N–H and O–H groups in total. The number of carbonyl (C=O) groups excluding carboxylic acids is 2. The highest BCUT2D eigenvalue weighted by Crippen LogP contribution is 2.48. The van der Waals surface area contributed by atoms with E-state index in [1.165, 1.54) is 11.0 Å². The van der Waals surface area contributed by atoms with Crippen molar-refractivity contribution in [1.82, 2.24) is 15.5 Å². The van der Waals surface area contributed by atoms with Crippen molar-refractivity contribution in [2.45, 2.75) is 70.8 Å². The second-order valence-corrected chi connectivity index (χ2v) is 9.11. The maximum Gasteiger partial charge on any atom is 0.411 e. The summed E-state index contributed by atoms with van der Waals surface area (Å²) in [6, 6.07) is 0. The predicted octanol–water partition coefficient (Wildman–Crippen LogP) is 4.02. The molecule has 35 heavy (non-hydrogen) atoms. The largest absolute Gasteiger partial charge is 0.411 e. The number of carbonyl (C=O) groups is 2. The molecule has 1 aliphatic heterocycles. The van der Waals surface area contributed by atoms with Crippen molar-refractivity contribution in [1.29, 1.82) is 0 Å². The van der Waals surface area contributed by atoms with Crippen molar-refractivity contribution >= 4 is 29.3 Å². The highest BCUT2D eigenvalue weighted by atomic mass is 35.5. The van der Waals surface area contributed by atoms with E-state index in [0.29, 0.717) is 28.4 Å². The molecule has 1 heterocycles. The Balaban J connectivity index is 0.00000167. The number of rotatable bonds is 6. The van der Waals surface area contributed by atoms with Crippen LogP contribution in [0.5, 0.6) is 0 Å². The molecule has 2 fully saturated rings. The molecule has 2 amide bonds. The molecule has 0 aromatic carbocycles. The second kappa shape index (κ2) is 10.6. The summed E-state index contributed by atoms with van der Waals surface area (Å²) < 4.78 is 39.4. The number of nitrogens with zero attached hydrogens (tertiary/aromatic N) is 2. The van der Waals surface area contributed by atoms with Crippen LogP contribution in [-0.4, -0.2) is 52.1 Å². The summed E-state index contributed by atoms with van der Waals surface area (Å²) in [5.74, 6) is -0.729. The van der Waals surface area contributed by atoms with Crippen LogP contribution < -0.4 is 10.6 Å². The molecule has 11 heteroatoms. The fraction of sp³-hybridized carbons (Fsp3) is 0.542. The minimum atomic E-state index is -4.52. The van der Waals surface area contributed by atoms with Crippen molar-refractivity contribution in [2.75, 3.05) is 6.54 Å². The molecule has 4 rings (SSSR count). The number of aliphatic hydroxyl groups is 1. The number of hydrogen-bond acceptors (Lipinski definition) is 5. The molecular weight excluding hydrogens is 485 g/mol. The Morgan fingerprint density at radius 2 is 1.94 bits per heavy atom. The zero-order valence-corrected chi connectivity index (χ0v) is 20.6. The number of alkyl halides is 3. The third-order valence-electron chi connectivity index (χ3n) is 6.03. The fourth-order valence-corrected chi connectivity index (χ4v) is 3.94. The first-order valence-electron chi connectivity index (χ1n) is 11.7. The van der Waals surface area contributed by atoms with Gasteiger partial charge >= 0.3 is 6.18 Å². The number of amidine groups is 1. The first-order valence-corrected chi connectivity index (χ1v) is 12.0. The number of halogens is 4. The van der Waals surface area contributed by atoms with Gasteiger partial charge in [0.1, 0.15) is 24.1 Å². The van der Waals surface area contributed by atoms with Gasteiger partial charge in [0.05, 0.1) is 5.70 Å². The molecule has 2 saturated carbocycles.